The standard InChI is InChI=1S/C16H27N5O3/c1-9(2)12(13(23)18-10-6-7-17-11(22)8-10)19-15-21-20-14(24-15)16(3,4)5/h9-10,12H,6-8H2,1-5H3,(H,17,22)(H,18,23)(H,19,21). The quantitative estimate of drug-likeness (QED) is 0.745. The van der Waals surface area contributed by atoms with Crippen LogP contribution in [0, 0.1) is 5.92 Å². The van der Waals surface area contributed by atoms with Crippen LogP contribution in [-0.4, -0.2) is 40.6 Å². The number of carbonyl (C=O) groups excluding carboxylic acids is 2. The zero-order chi connectivity index (χ0) is 17.9. The van der Waals surface area contributed by atoms with E-state index in [-0.39, 0.29) is 35.2 Å². The van der Waals surface area contributed by atoms with E-state index in [0.29, 0.717) is 18.9 Å². The third-order valence-electron chi connectivity index (χ3n) is 3.89. The van der Waals surface area contributed by atoms with Gasteiger partial charge in [-0.05, 0) is 12.3 Å². The summed E-state index contributed by atoms with van der Waals surface area (Å²) in [6.07, 6.45) is 1.04. The Bertz CT molecular complexity index is 591. The van der Waals surface area contributed by atoms with Gasteiger partial charge in [0.1, 0.15) is 6.04 Å². The molecule has 24 heavy (non-hydrogen) atoms. The average molecular weight is 337 g/mol. The highest BCUT2D eigenvalue weighted by molar-refractivity contribution is 5.85. The molecule has 0 bridgehead atoms. The Hall–Kier alpha value is -2.12. The molecule has 0 aliphatic carbocycles. The van der Waals surface area contributed by atoms with Gasteiger partial charge >= 0.3 is 6.01 Å². The normalized spacial score (nSPS) is 19.8. The van der Waals surface area contributed by atoms with Crippen molar-refractivity contribution in [1.82, 2.24) is 20.8 Å². The summed E-state index contributed by atoms with van der Waals surface area (Å²) in [4.78, 5) is 24.0. The maximum atomic E-state index is 12.6. The molecular weight excluding hydrogens is 310 g/mol. The first-order valence-electron chi connectivity index (χ1n) is 8.34. The summed E-state index contributed by atoms with van der Waals surface area (Å²) >= 11 is 0. The molecule has 1 saturated heterocycles. The predicted molar refractivity (Wildman–Crippen MR) is 89.4 cm³/mol. The van der Waals surface area contributed by atoms with Gasteiger partial charge in [0.25, 0.3) is 0 Å². The Kier molecular flexibility index (Phi) is 5.46. The highest BCUT2D eigenvalue weighted by Gasteiger charge is 2.29. The minimum atomic E-state index is -0.511. The van der Waals surface area contributed by atoms with E-state index in [1.165, 1.54) is 0 Å². The first-order chi connectivity index (χ1) is 11.2. The van der Waals surface area contributed by atoms with Gasteiger partial charge in [-0.3, -0.25) is 9.59 Å². The van der Waals surface area contributed by atoms with E-state index in [1.807, 2.05) is 34.6 Å². The number of piperidine rings is 1. The molecule has 1 aromatic rings. The Morgan fingerprint density at radius 1 is 1.33 bits per heavy atom. The average Bonchev–Trinajstić information content (AvgIpc) is 2.93. The molecule has 1 aliphatic heterocycles. The smallest absolute Gasteiger partial charge is 0.316 e. The number of nitrogens with zero attached hydrogens (tertiary/aromatic N) is 2. The molecular formula is C16H27N5O3. The molecule has 0 spiro atoms. The third-order valence-corrected chi connectivity index (χ3v) is 3.89. The minimum Gasteiger partial charge on any atom is -0.408 e. The van der Waals surface area contributed by atoms with Gasteiger partial charge in [0.2, 0.25) is 17.7 Å². The summed E-state index contributed by atoms with van der Waals surface area (Å²) in [7, 11) is 0. The zero-order valence-corrected chi connectivity index (χ0v) is 15.0. The summed E-state index contributed by atoms with van der Waals surface area (Å²) in [5.74, 6) is 0.330. The van der Waals surface area contributed by atoms with E-state index in [1.54, 1.807) is 0 Å². The van der Waals surface area contributed by atoms with Gasteiger partial charge < -0.3 is 20.4 Å². The second-order valence-electron chi connectivity index (χ2n) is 7.58. The van der Waals surface area contributed by atoms with E-state index in [0.717, 1.165) is 6.42 Å². The van der Waals surface area contributed by atoms with Gasteiger partial charge in [-0.2, -0.15) is 0 Å². The van der Waals surface area contributed by atoms with E-state index >= 15 is 0 Å². The lowest BCUT2D eigenvalue weighted by Crippen LogP contribution is -2.51. The molecule has 2 heterocycles. The predicted octanol–water partition coefficient (Wildman–Crippen LogP) is 1.20. The molecule has 0 radical (unpaired) electrons. The first kappa shape index (κ1) is 18.2. The fraction of sp³-hybridized carbons (Fsp3) is 0.750. The maximum absolute atomic E-state index is 12.6. The van der Waals surface area contributed by atoms with Gasteiger partial charge in [0.15, 0.2) is 0 Å². The van der Waals surface area contributed by atoms with Crippen molar-refractivity contribution in [3.8, 4) is 0 Å². The SMILES string of the molecule is CC(C)C(Nc1nnc(C(C)(C)C)o1)C(=O)NC1CCNC(=O)C1. The lowest BCUT2D eigenvalue weighted by atomic mass is 9.97. The highest BCUT2D eigenvalue weighted by Crippen LogP contribution is 2.23. The van der Waals surface area contributed by atoms with Crippen LogP contribution in [0.2, 0.25) is 0 Å². The van der Waals surface area contributed by atoms with Crippen molar-refractivity contribution >= 4 is 17.8 Å². The second kappa shape index (κ2) is 7.19. The summed E-state index contributed by atoms with van der Waals surface area (Å²) in [5.41, 5.74) is -0.252. The Balaban J connectivity index is 2.02. The number of hydrogen-bond acceptors (Lipinski definition) is 6. The number of anilines is 1. The van der Waals surface area contributed by atoms with Crippen LogP contribution < -0.4 is 16.0 Å². The number of nitrogens with one attached hydrogen (secondary N) is 3. The zero-order valence-electron chi connectivity index (χ0n) is 15.0. The Labute approximate surface area is 142 Å². The van der Waals surface area contributed by atoms with Crippen molar-refractivity contribution in [2.45, 2.75) is 65.0 Å². The molecule has 8 heteroatoms. The lowest BCUT2D eigenvalue weighted by molar-refractivity contribution is -0.125. The van der Waals surface area contributed by atoms with Crippen molar-refractivity contribution in [3.05, 3.63) is 5.89 Å². The molecule has 8 nitrogen and oxygen atoms in total. The number of hydrogen-bond donors (Lipinski definition) is 3. The molecule has 1 fully saturated rings. The van der Waals surface area contributed by atoms with E-state index < -0.39 is 6.04 Å². The number of aromatic nitrogens is 2. The molecule has 2 unspecified atom stereocenters. The molecule has 1 aliphatic rings. The van der Waals surface area contributed by atoms with Gasteiger partial charge in [-0.25, -0.2) is 0 Å². The maximum Gasteiger partial charge on any atom is 0.316 e. The fourth-order valence-electron chi connectivity index (χ4n) is 2.45. The van der Waals surface area contributed by atoms with E-state index in [9.17, 15) is 9.59 Å². The minimum absolute atomic E-state index is 0.0207. The van der Waals surface area contributed by atoms with E-state index in [2.05, 4.69) is 26.1 Å². The van der Waals surface area contributed by atoms with Crippen molar-refractivity contribution in [2.75, 3.05) is 11.9 Å². The molecule has 2 atom stereocenters. The molecule has 0 aromatic carbocycles. The summed E-state index contributed by atoms with van der Waals surface area (Å²) in [6.45, 7) is 10.4. The highest BCUT2D eigenvalue weighted by atomic mass is 16.4. The Morgan fingerprint density at radius 2 is 2.04 bits per heavy atom. The van der Waals surface area contributed by atoms with Crippen molar-refractivity contribution in [1.29, 1.82) is 0 Å². The number of rotatable bonds is 5. The van der Waals surface area contributed by atoms with Crippen LogP contribution in [0.5, 0.6) is 0 Å². The molecule has 2 amide bonds. The van der Waals surface area contributed by atoms with Crippen LogP contribution in [0.15, 0.2) is 4.42 Å². The van der Waals surface area contributed by atoms with Gasteiger partial charge in [0.05, 0.1) is 0 Å². The van der Waals surface area contributed by atoms with Crippen LogP contribution in [0.3, 0.4) is 0 Å². The van der Waals surface area contributed by atoms with Crippen LogP contribution in [0.1, 0.15) is 53.4 Å². The monoisotopic (exact) mass is 337 g/mol. The van der Waals surface area contributed by atoms with Crippen LogP contribution in [-0.2, 0) is 15.0 Å². The van der Waals surface area contributed by atoms with Crippen LogP contribution >= 0.6 is 0 Å². The van der Waals surface area contributed by atoms with Crippen LogP contribution in [0.25, 0.3) is 0 Å². The van der Waals surface area contributed by atoms with E-state index in [4.69, 9.17) is 4.42 Å². The first-order valence-corrected chi connectivity index (χ1v) is 8.34. The largest absolute Gasteiger partial charge is 0.408 e. The van der Waals surface area contributed by atoms with Gasteiger partial charge in [-0.1, -0.05) is 39.7 Å². The summed E-state index contributed by atoms with van der Waals surface area (Å²) in [5, 5.41) is 16.7. The second-order valence-corrected chi connectivity index (χ2v) is 7.58. The fourth-order valence-corrected chi connectivity index (χ4v) is 2.45. The van der Waals surface area contributed by atoms with Gasteiger partial charge in [0, 0.05) is 24.4 Å². The lowest BCUT2D eigenvalue weighted by Gasteiger charge is -2.27. The van der Waals surface area contributed by atoms with Crippen molar-refractivity contribution in [2.24, 2.45) is 5.92 Å². The van der Waals surface area contributed by atoms with Crippen molar-refractivity contribution in [3.63, 3.8) is 0 Å². The van der Waals surface area contributed by atoms with Crippen LogP contribution in [0.4, 0.5) is 6.01 Å². The number of carbonyl (C=O) groups is 2. The molecule has 0 saturated carbocycles. The number of amides is 2. The topological polar surface area (TPSA) is 109 Å². The molecule has 1 aromatic heterocycles. The molecule has 2 rings (SSSR count). The molecule has 3 N–H and O–H groups in total. The summed E-state index contributed by atoms with van der Waals surface area (Å²) < 4.78 is 5.61. The summed E-state index contributed by atoms with van der Waals surface area (Å²) in [6, 6.07) is -0.416. The van der Waals surface area contributed by atoms with Gasteiger partial charge in [-0.15, -0.1) is 5.10 Å². The Morgan fingerprint density at radius 3 is 2.58 bits per heavy atom. The van der Waals surface area contributed by atoms with Crippen molar-refractivity contribution < 1.29 is 14.0 Å². The molecule has 134 valence electrons. The third kappa shape index (κ3) is 4.69.